The van der Waals surface area contributed by atoms with Crippen LogP contribution in [0.3, 0.4) is 0 Å². The van der Waals surface area contributed by atoms with Crippen LogP contribution in [0.5, 0.6) is 11.5 Å². The summed E-state index contributed by atoms with van der Waals surface area (Å²) in [5.41, 5.74) is 2.79. The van der Waals surface area contributed by atoms with Crippen LogP contribution >= 0.6 is 11.8 Å². The van der Waals surface area contributed by atoms with Crippen molar-refractivity contribution in [1.29, 1.82) is 0 Å². The standard InChI is InChI=1S/C18H19N3O3S/c1-21-16-7-5-4-6-15(16)20-18(21)25-11-17(22)19-12-8-13(23-2)10-14(9-12)24-3/h4-10H,11H2,1-3H3,(H,19,22)/p+1. The summed E-state index contributed by atoms with van der Waals surface area (Å²) in [7, 11) is 5.13. The van der Waals surface area contributed by atoms with Crippen LogP contribution in [0.4, 0.5) is 5.69 Å². The summed E-state index contributed by atoms with van der Waals surface area (Å²) >= 11 is 1.45. The molecule has 130 valence electrons. The monoisotopic (exact) mass is 358 g/mol. The Labute approximate surface area is 150 Å². The van der Waals surface area contributed by atoms with Crippen molar-refractivity contribution in [3.63, 3.8) is 0 Å². The average Bonchev–Trinajstić information content (AvgIpc) is 2.96. The first-order chi connectivity index (χ1) is 12.1. The Kier molecular flexibility index (Phi) is 5.14. The molecule has 0 aliphatic rings. The lowest BCUT2D eigenvalue weighted by Gasteiger charge is -2.09. The van der Waals surface area contributed by atoms with Crippen molar-refractivity contribution < 1.29 is 18.8 Å². The van der Waals surface area contributed by atoms with E-state index < -0.39 is 0 Å². The highest BCUT2D eigenvalue weighted by molar-refractivity contribution is 7.99. The van der Waals surface area contributed by atoms with Crippen LogP contribution in [0.15, 0.2) is 47.6 Å². The number of aryl methyl sites for hydroxylation is 1. The molecule has 1 heterocycles. The van der Waals surface area contributed by atoms with Crippen LogP contribution in [-0.2, 0) is 11.8 Å². The number of thioether (sulfide) groups is 1. The molecule has 0 saturated heterocycles. The second-order valence-corrected chi connectivity index (χ2v) is 6.41. The lowest BCUT2D eigenvalue weighted by Crippen LogP contribution is -2.29. The van der Waals surface area contributed by atoms with Gasteiger partial charge >= 0.3 is 5.16 Å². The molecule has 7 heteroatoms. The number of aromatic amines is 1. The fourth-order valence-electron chi connectivity index (χ4n) is 2.52. The minimum atomic E-state index is -0.0982. The number of imidazole rings is 1. The Hall–Kier alpha value is -2.67. The van der Waals surface area contributed by atoms with E-state index in [2.05, 4.69) is 10.3 Å². The first kappa shape index (κ1) is 17.2. The van der Waals surface area contributed by atoms with Crippen molar-refractivity contribution in [2.45, 2.75) is 5.16 Å². The molecule has 0 atom stereocenters. The van der Waals surface area contributed by atoms with Gasteiger partial charge in [-0.1, -0.05) is 12.1 Å². The molecule has 25 heavy (non-hydrogen) atoms. The van der Waals surface area contributed by atoms with Gasteiger partial charge in [0.1, 0.15) is 11.5 Å². The number of rotatable bonds is 6. The third kappa shape index (κ3) is 3.88. The SMILES string of the molecule is COc1cc(NC(=O)CSc2[nH]c3ccccc3[n+]2C)cc(OC)c1. The van der Waals surface area contributed by atoms with E-state index in [-0.39, 0.29) is 5.91 Å². The second-order valence-electron chi connectivity index (χ2n) is 5.44. The van der Waals surface area contributed by atoms with E-state index in [0.29, 0.717) is 22.9 Å². The molecular weight excluding hydrogens is 338 g/mol. The summed E-state index contributed by atoms with van der Waals surface area (Å²) < 4.78 is 12.5. The highest BCUT2D eigenvalue weighted by Crippen LogP contribution is 2.26. The summed E-state index contributed by atoms with van der Waals surface area (Å²) in [4.78, 5) is 15.6. The van der Waals surface area contributed by atoms with E-state index in [0.717, 1.165) is 16.2 Å². The molecule has 3 rings (SSSR count). The number of amides is 1. The number of ether oxygens (including phenoxy) is 2. The molecule has 2 N–H and O–H groups in total. The Morgan fingerprint density at radius 1 is 1.16 bits per heavy atom. The predicted molar refractivity (Wildman–Crippen MR) is 98.4 cm³/mol. The number of methoxy groups -OCH3 is 2. The normalized spacial score (nSPS) is 10.7. The van der Waals surface area contributed by atoms with Gasteiger partial charge in [0, 0.05) is 23.9 Å². The molecule has 3 aromatic rings. The summed E-state index contributed by atoms with van der Waals surface area (Å²) in [5.74, 6) is 1.45. The van der Waals surface area contributed by atoms with Gasteiger partial charge in [-0.25, -0.2) is 9.55 Å². The van der Waals surface area contributed by atoms with E-state index in [4.69, 9.17) is 9.47 Å². The third-order valence-corrected chi connectivity index (χ3v) is 4.84. The molecule has 0 spiro atoms. The number of nitrogens with one attached hydrogen (secondary N) is 2. The Balaban J connectivity index is 1.67. The molecule has 1 aromatic heterocycles. The van der Waals surface area contributed by atoms with Crippen LogP contribution in [0, 0.1) is 0 Å². The van der Waals surface area contributed by atoms with E-state index in [1.165, 1.54) is 11.8 Å². The fourth-order valence-corrected chi connectivity index (χ4v) is 3.34. The van der Waals surface area contributed by atoms with Gasteiger partial charge in [0.2, 0.25) is 5.91 Å². The number of anilines is 1. The van der Waals surface area contributed by atoms with Crippen LogP contribution < -0.4 is 19.4 Å². The van der Waals surface area contributed by atoms with Crippen molar-refractivity contribution >= 4 is 34.4 Å². The predicted octanol–water partition coefficient (Wildman–Crippen LogP) is 2.74. The van der Waals surface area contributed by atoms with Gasteiger partial charge in [0.15, 0.2) is 11.0 Å². The molecule has 1 amide bonds. The van der Waals surface area contributed by atoms with E-state index in [1.807, 2.05) is 35.9 Å². The number of fused-ring (bicyclic) bond motifs is 1. The van der Waals surface area contributed by atoms with Crippen molar-refractivity contribution in [2.24, 2.45) is 7.05 Å². The molecule has 2 aromatic carbocycles. The Bertz CT molecular complexity index is 885. The van der Waals surface area contributed by atoms with Crippen LogP contribution in [0.25, 0.3) is 11.0 Å². The van der Waals surface area contributed by atoms with Crippen molar-refractivity contribution in [2.75, 3.05) is 25.3 Å². The molecule has 0 fully saturated rings. The maximum atomic E-state index is 12.3. The molecule has 0 aliphatic carbocycles. The Morgan fingerprint density at radius 3 is 2.48 bits per heavy atom. The minimum Gasteiger partial charge on any atom is -0.497 e. The zero-order valence-electron chi connectivity index (χ0n) is 14.3. The quantitative estimate of drug-likeness (QED) is 0.525. The second kappa shape index (κ2) is 7.48. The highest BCUT2D eigenvalue weighted by atomic mass is 32.2. The highest BCUT2D eigenvalue weighted by Gasteiger charge is 2.17. The third-order valence-electron chi connectivity index (χ3n) is 3.79. The summed E-state index contributed by atoms with van der Waals surface area (Å²) in [6.45, 7) is 0. The van der Waals surface area contributed by atoms with E-state index in [1.54, 1.807) is 32.4 Å². The zero-order valence-corrected chi connectivity index (χ0v) is 15.1. The molecule has 6 nitrogen and oxygen atoms in total. The topological polar surface area (TPSA) is 67.2 Å². The largest absolute Gasteiger partial charge is 0.497 e. The smallest absolute Gasteiger partial charge is 0.317 e. The number of carbonyl (C=O) groups excluding carboxylic acids is 1. The molecule has 0 unspecified atom stereocenters. The molecule has 0 radical (unpaired) electrons. The number of carbonyl (C=O) groups is 1. The maximum absolute atomic E-state index is 12.3. The van der Waals surface area contributed by atoms with Crippen LogP contribution in [0.1, 0.15) is 0 Å². The lowest BCUT2D eigenvalue weighted by molar-refractivity contribution is -0.683. The maximum Gasteiger partial charge on any atom is 0.317 e. The molecule has 0 saturated carbocycles. The number of aromatic nitrogens is 2. The molecule has 0 aliphatic heterocycles. The average molecular weight is 358 g/mol. The van der Waals surface area contributed by atoms with Gasteiger partial charge < -0.3 is 14.8 Å². The number of benzene rings is 2. The van der Waals surface area contributed by atoms with Crippen molar-refractivity contribution in [1.82, 2.24) is 4.98 Å². The zero-order chi connectivity index (χ0) is 17.8. The summed E-state index contributed by atoms with van der Waals surface area (Å²) in [6.07, 6.45) is 0. The number of H-pyrrole nitrogens is 1. The van der Waals surface area contributed by atoms with Gasteiger partial charge in [-0.2, -0.15) is 0 Å². The number of para-hydroxylation sites is 2. The van der Waals surface area contributed by atoms with E-state index >= 15 is 0 Å². The summed E-state index contributed by atoms with van der Waals surface area (Å²) in [5, 5.41) is 3.80. The number of hydrogen-bond acceptors (Lipinski definition) is 4. The van der Waals surface area contributed by atoms with Crippen molar-refractivity contribution in [3.05, 3.63) is 42.5 Å². The van der Waals surface area contributed by atoms with Gasteiger partial charge in [-0.05, 0) is 23.9 Å². The van der Waals surface area contributed by atoms with Crippen LogP contribution in [-0.4, -0.2) is 30.9 Å². The molecular formula is C18H20N3O3S+. The first-order valence-corrected chi connectivity index (χ1v) is 8.71. The first-order valence-electron chi connectivity index (χ1n) is 7.73. The Morgan fingerprint density at radius 2 is 1.84 bits per heavy atom. The lowest BCUT2D eigenvalue weighted by atomic mass is 10.2. The van der Waals surface area contributed by atoms with Gasteiger partial charge in [-0.15, -0.1) is 0 Å². The van der Waals surface area contributed by atoms with Crippen molar-refractivity contribution in [3.8, 4) is 11.5 Å². The number of hydrogen-bond donors (Lipinski definition) is 2. The fraction of sp³-hybridized carbons (Fsp3) is 0.222. The molecule has 0 bridgehead atoms. The van der Waals surface area contributed by atoms with Gasteiger partial charge in [0.05, 0.1) is 27.0 Å². The van der Waals surface area contributed by atoms with Crippen LogP contribution in [0.2, 0.25) is 0 Å². The van der Waals surface area contributed by atoms with E-state index in [9.17, 15) is 4.79 Å². The number of nitrogens with zero attached hydrogens (tertiary/aromatic N) is 1. The minimum absolute atomic E-state index is 0.0982. The summed E-state index contributed by atoms with van der Waals surface area (Å²) in [6, 6.07) is 13.3. The van der Waals surface area contributed by atoms with Gasteiger partial charge in [-0.3, -0.25) is 4.79 Å². The van der Waals surface area contributed by atoms with Gasteiger partial charge in [0.25, 0.3) is 0 Å².